The molecule has 40 heavy (non-hydrogen) atoms. The molecule has 0 aliphatic heterocycles. The van der Waals surface area contributed by atoms with E-state index in [0.29, 0.717) is 11.4 Å². The first-order chi connectivity index (χ1) is 19.6. The molecule has 192 valence electrons. The van der Waals surface area contributed by atoms with Crippen LogP contribution in [0.5, 0.6) is 0 Å². The Hall–Kier alpha value is -5.14. The molecule has 1 atom stereocenters. The Morgan fingerprint density at radius 1 is 0.625 bits per heavy atom. The van der Waals surface area contributed by atoms with Crippen molar-refractivity contribution in [2.45, 2.75) is 25.2 Å². The standard InChI is InChI=1S/C36H26N2O2/c1-24-20-27(16-18-34(24)37-22-39)36(32-14-8-6-12-29(32)30-13-7-9-15-33(30)36)28-17-19-35(38-23-40)31(21-28)25(2)26-10-4-3-5-11-26/h3-21,25H,1-2H3. The number of nitrogens with zero attached hydrogens (tertiary/aromatic N) is 2. The molecule has 0 amide bonds. The number of benzene rings is 5. The molecule has 0 saturated heterocycles. The summed E-state index contributed by atoms with van der Waals surface area (Å²) >= 11 is 0. The first kappa shape index (κ1) is 25.2. The van der Waals surface area contributed by atoms with Crippen molar-refractivity contribution in [3.8, 4) is 11.1 Å². The Kier molecular flexibility index (Phi) is 6.42. The van der Waals surface area contributed by atoms with Crippen LogP contribution in [0.3, 0.4) is 0 Å². The summed E-state index contributed by atoms with van der Waals surface area (Å²) in [5.41, 5.74) is 10.4. The molecule has 0 aromatic heterocycles. The van der Waals surface area contributed by atoms with E-state index in [-0.39, 0.29) is 5.92 Å². The predicted octanol–water partition coefficient (Wildman–Crippen LogP) is 8.44. The van der Waals surface area contributed by atoms with Crippen molar-refractivity contribution in [3.63, 3.8) is 0 Å². The lowest BCUT2D eigenvalue weighted by Crippen LogP contribution is -2.29. The highest BCUT2D eigenvalue weighted by Crippen LogP contribution is 2.57. The average molecular weight is 519 g/mol. The summed E-state index contributed by atoms with van der Waals surface area (Å²) in [5, 5.41) is 0. The Morgan fingerprint density at radius 2 is 1.15 bits per heavy atom. The molecule has 0 spiro atoms. The third kappa shape index (κ3) is 3.87. The highest BCUT2D eigenvalue weighted by molar-refractivity contribution is 5.86. The largest absolute Gasteiger partial charge is 0.240 e. The quantitative estimate of drug-likeness (QED) is 0.164. The maximum atomic E-state index is 11.4. The molecule has 1 aliphatic carbocycles. The van der Waals surface area contributed by atoms with Crippen LogP contribution in [-0.4, -0.2) is 12.2 Å². The van der Waals surface area contributed by atoms with E-state index >= 15 is 0 Å². The molecule has 4 nitrogen and oxygen atoms in total. The highest BCUT2D eigenvalue weighted by Gasteiger charge is 2.46. The first-order valence-corrected chi connectivity index (χ1v) is 13.2. The smallest absolute Gasteiger partial charge is 0.211 e. The van der Waals surface area contributed by atoms with Crippen molar-refractivity contribution in [1.82, 2.24) is 0 Å². The molecule has 6 rings (SSSR count). The molecular formula is C36H26N2O2. The van der Waals surface area contributed by atoms with E-state index < -0.39 is 5.41 Å². The van der Waals surface area contributed by atoms with Crippen LogP contribution in [0.4, 0.5) is 11.4 Å². The fourth-order valence-corrected chi connectivity index (χ4v) is 6.29. The molecular weight excluding hydrogens is 492 g/mol. The minimum atomic E-state index is -0.643. The summed E-state index contributed by atoms with van der Waals surface area (Å²) in [6, 6.07) is 39.5. The van der Waals surface area contributed by atoms with Gasteiger partial charge in [-0.1, -0.05) is 110 Å². The van der Waals surface area contributed by atoms with Crippen molar-refractivity contribution in [3.05, 3.63) is 154 Å². The van der Waals surface area contributed by atoms with Crippen molar-refractivity contribution in [2.75, 3.05) is 0 Å². The Morgan fingerprint density at radius 3 is 1.75 bits per heavy atom. The van der Waals surface area contributed by atoms with Crippen LogP contribution >= 0.6 is 0 Å². The normalized spacial score (nSPS) is 13.3. The van der Waals surface area contributed by atoms with Crippen molar-refractivity contribution >= 4 is 23.5 Å². The van der Waals surface area contributed by atoms with E-state index in [0.717, 1.165) is 27.8 Å². The van der Waals surface area contributed by atoms with E-state index in [9.17, 15) is 9.59 Å². The lowest BCUT2D eigenvalue weighted by Gasteiger charge is -2.35. The topological polar surface area (TPSA) is 58.9 Å². The fourth-order valence-electron chi connectivity index (χ4n) is 6.29. The van der Waals surface area contributed by atoms with E-state index in [4.69, 9.17) is 0 Å². The van der Waals surface area contributed by atoms with E-state index in [1.54, 1.807) is 12.2 Å². The second-order valence-electron chi connectivity index (χ2n) is 10.2. The molecule has 0 N–H and O–H groups in total. The monoisotopic (exact) mass is 518 g/mol. The van der Waals surface area contributed by atoms with Gasteiger partial charge in [0.15, 0.2) is 0 Å². The maximum absolute atomic E-state index is 11.4. The summed E-state index contributed by atoms with van der Waals surface area (Å²) in [6.45, 7) is 4.10. The van der Waals surface area contributed by atoms with Crippen LogP contribution in [0.2, 0.25) is 0 Å². The third-order valence-corrected chi connectivity index (χ3v) is 8.14. The number of aryl methyl sites for hydroxylation is 1. The van der Waals surface area contributed by atoms with Crippen LogP contribution in [0.1, 0.15) is 51.8 Å². The van der Waals surface area contributed by atoms with Gasteiger partial charge in [-0.2, -0.15) is 9.98 Å². The summed E-state index contributed by atoms with van der Waals surface area (Å²) in [7, 11) is 0. The number of hydrogen-bond acceptors (Lipinski definition) is 4. The van der Waals surface area contributed by atoms with Crippen LogP contribution in [-0.2, 0) is 15.0 Å². The number of isocyanates is 2. The van der Waals surface area contributed by atoms with Crippen LogP contribution in [0.25, 0.3) is 11.1 Å². The Bertz CT molecular complexity index is 1800. The second-order valence-corrected chi connectivity index (χ2v) is 10.2. The lowest BCUT2D eigenvalue weighted by atomic mass is 9.66. The van der Waals surface area contributed by atoms with Crippen LogP contribution in [0, 0.1) is 6.92 Å². The minimum Gasteiger partial charge on any atom is -0.211 e. The summed E-state index contributed by atoms with van der Waals surface area (Å²) in [5.74, 6) is -0.0109. The van der Waals surface area contributed by atoms with Crippen LogP contribution < -0.4 is 0 Å². The average Bonchev–Trinajstić information content (AvgIpc) is 3.30. The molecule has 0 heterocycles. The van der Waals surface area contributed by atoms with E-state index in [1.165, 1.54) is 22.3 Å². The van der Waals surface area contributed by atoms with Gasteiger partial charge < -0.3 is 0 Å². The van der Waals surface area contributed by atoms with Gasteiger partial charge in [0.25, 0.3) is 0 Å². The number of fused-ring (bicyclic) bond motifs is 3. The van der Waals surface area contributed by atoms with Crippen molar-refractivity contribution in [2.24, 2.45) is 9.98 Å². The molecule has 0 fully saturated rings. The minimum absolute atomic E-state index is 0.0109. The predicted molar refractivity (Wildman–Crippen MR) is 158 cm³/mol. The summed E-state index contributed by atoms with van der Waals surface area (Å²) in [6.07, 6.45) is 3.42. The summed E-state index contributed by atoms with van der Waals surface area (Å²) in [4.78, 5) is 30.5. The van der Waals surface area contributed by atoms with Gasteiger partial charge in [-0.25, -0.2) is 9.59 Å². The molecule has 1 unspecified atom stereocenters. The van der Waals surface area contributed by atoms with Gasteiger partial charge in [-0.3, -0.25) is 0 Å². The maximum Gasteiger partial charge on any atom is 0.240 e. The zero-order valence-corrected chi connectivity index (χ0v) is 22.3. The number of hydrogen-bond donors (Lipinski definition) is 0. The van der Waals surface area contributed by atoms with Gasteiger partial charge in [0.05, 0.1) is 16.8 Å². The zero-order valence-electron chi connectivity index (χ0n) is 22.3. The van der Waals surface area contributed by atoms with Gasteiger partial charge in [0.2, 0.25) is 12.2 Å². The van der Waals surface area contributed by atoms with Crippen molar-refractivity contribution in [1.29, 1.82) is 0 Å². The Balaban J connectivity index is 1.71. The molecule has 0 bridgehead atoms. The van der Waals surface area contributed by atoms with E-state index in [2.05, 4.69) is 102 Å². The van der Waals surface area contributed by atoms with Gasteiger partial charge in [0, 0.05) is 5.92 Å². The molecule has 0 saturated carbocycles. The summed E-state index contributed by atoms with van der Waals surface area (Å²) < 4.78 is 0. The van der Waals surface area contributed by atoms with Crippen molar-refractivity contribution < 1.29 is 9.59 Å². The third-order valence-electron chi connectivity index (χ3n) is 8.14. The number of rotatable bonds is 6. The first-order valence-electron chi connectivity index (χ1n) is 13.2. The van der Waals surface area contributed by atoms with Gasteiger partial charge in [-0.15, -0.1) is 0 Å². The van der Waals surface area contributed by atoms with Gasteiger partial charge in [0.1, 0.15) is 0 Å². The molecule has 0 radical (unpaired) electrons. The molecule has 4 heteroatoms. The fraction of sp³-hybridized carbons (Fsp3) is 0.111. The van der Waals surface area contributed by atoms with Crippen LogP contribution in [0.15, 0.2) is 125 Å². The lowest BCUT2D eigenvalue weighted by molar-refractivity contribution is 0.564. The second kappa shape index (κ2) is 10.2. The van der Waals surface area contributed by atoms with Gasteiger partial charge in [-0.05, 0) is 69.1 Å². The Labute approximate surface area is 233 Å². The highest BCUT2D eigenvalue weighted by atomic mass is 16.1. The number of aliphatic imine (C=N–C) groups is 2. The number of carbonyl (C=O) groups excluding carboxylic acids is 2. The van der Waals surface area contributed by atoms with Gasteiger partial charge >= 0.3 is 0 Å². The van der Waals surface area contributed by atoms with E-state index in [1.807, 2.05) is 37.3 Å². The molecule has 1 aliphatic rings. The SMILES string of the molecule is Cc1cc(C2(c3ccc(N=C=O)c(C(C)c4ccccc4)c3)c3ccccc3-c3ccccc32)ccc1N=C=O. The molecule has 5 aromatic carbocycles. The zero-order chi connectivity index (χ0) is 27.7. The molecule has 5 aromatic rings.